The van der Waals surface area contributed by atoms with Gasteiger partial charge in [0.05, 0.1) is 0 Å². The van der Waals surface area contributed by atoms with E-state index >= 15 is 0 Å². The van der Waals surface area contributed by atoms with Crippen molar-refractivity contribution in [2.45, 2.75) is 32.0 Å². The maximum absolute atomic E-state index is 4.31. The summed E-state index contributed by atoms with van der Waals surface area (Å²) in [4.78, 5) is 6.50. The first kappa shape index (κ1) is 19.0. The van der Waals surface area contributed by atoms with Crippen LogP contribution >= 0.6 is 24.0 Å². The number of hydrogen-bond donors (Lipinski definition) is 2. The molecule has 0 atom stereocenters. The number of benzene rings is 1. The molecule has 122 valence electrons. The summed E-state index contributed by atoms with van der Waals surface area (Å²) in [7, 11) is 6.01. The van der Waals surface area contributed by atoms with Crippen molar-refractivity contribution in [3.05, 3.63) is 47.5 Å². The van der Waals surface area contributed by atoms with E-state index in [1.165, 1.54) is 11.1 Å². The summed E-state index contributed by atoms with van der Waals surface area (Å²) in [5.74, 6) is 0.878. The average molecular weight is 414 g/mol. The molecule has 0 amide bonds. The first-order valence-corrected chi connectivity index (χ1v) is 7.52. The van der Waals surface area contributed by atoms with Gasteiger partial charge in [-0.3, -0.25) is 4.99 Å². The van der Waals surface area contributed by atoms with E-state index in [-0.39, 0.29) is 24.0 Å². The monoisotopic (exact) mass is 414 g/mol. The molecule has 1 aliphatic rings. The summed E-state index contributed by atoms with van der Waals surface area (Å²) < 4.78 is 0. The molecule has 1 aromatic carbocycles. The average Bonchev–Trinajstić information content (AvgIpc) is 2.97. The molecule has 0 unspecified atom stereocenters. The Hall–Kier alpha value is -1.08. The topological polar surface area (TPSA) is 39.7 Å². The third-order valence-electron chi connectivity index (χ3n) is 3.62. The third kappa shape index (κ3) is 5.96. The summed E-state index contributed by atoms with van der Waals surface area (Å²) in [6.45, 7) is 1.75. The van der Waals surface area contributed by atoms with Crippen LogP contribution in [0, 0.1) is 0 Å². The number of rotatable bonds is 5. The smallest absolute Gasteiger partial charge is 0.191 e. The summed E-state index contributed by atoms with van der Waals surface area (Å²) >= 11 is 0. The first-order valence-electron chi connectivity index (χ1n) is 7.52. The number of aliphatic imine (C=N–C) groups is 1. The largest absolute Gasteiger partial charge is 0.353 e. The van der Waals surface area contributed by atoms with Crippen LogP contribution < -0.4 is 10.6 Å². The second-order valence-electron chi connectivity index (χ2n) is 5.72. The van der Waals surface area contributed by atoms with E-state index in [0.29, 0.717) is 6.04 Å². The summed E-state index contributed by atoms with van der Waals surface area (Å²) in [5.41, 5.74) is 2.67. The first-order chi connectivity index (χ1) is 10.2. The molecule has 0 bridgehead atoms. The van der Waals surface area contributed by atoms with Crippen LogP contribution in [0.3, 0.4) is 0 Å². The fourth-order valence-electron chi connectivity index (χ4n) is 2.53. The molecular formula is C17H27IN4. The summed E-state index contributed by atoms with van der Waals surface area (Å²) in [6.07, 6.45) is 6.60. The Labute approximate surface area is 151 Å². The van der Waals surface area contributed by atoms with Gasteiger partial charge in [0.15, 0.2) is 5.96 Å². The lowest BCUT2D eigenvalue weighted by Crippen LogP contribution is -2.42. The third-order valence-corrected chi connectivity index (χ3v) is 3.62. The van der Waals surface area contributed by atoms with E-state index in [9.17, 15) is 0 Å². The lowest BCUT2D eigenvalue weighted by molar-refractivity contribution is 0.400. The molecule has 0 saturated heterocycles. The maximum Gasteiger partial charge on any atom is 0.191 e. The lowest BCUT2D eigenvalue weighted by atomic mass is 10.1. The van der Waals surface area contributed by atoms with Crippen LogP contribution in [0.4, 0.5) is 0 Å². The van der Waals surface area contributed by atoms with Crippen molar-refractivity contribution in [2.75, 3.05) is 21.1 Å². The van der Waals surface area contributed by atoms with E-state index < -0.39 is 0 Å². The van der Waals surface area contributed by atoms with Gasteiger partial charge in [-0.2, -0.15) is 0 Å². The number of nitrogens with one attached hydrogen (secondary N) is 2. The van der Waals surface area contributed by atoms with Gasteiger partial charge in [0.25, 0.3) is 0 Å². The highest BCUT2D eigenvalue weighted by Gasteiger charge is 2.11. The Morgan fingerprint density at radius 2 is 1.82 bits per heavy atom. The van der Waals surface area contributed by atoms with Gasteiger partial charge < -0.3 is 15.5 Å². The van der Waals surface area contributed by atoms with Gasteiger partial charge in [0, 0.05) is 26.2 Å². The molecule has 2 N–H and O–H groups in total. The van der Waals surface area contributed by atoms with Crippen molar-refractivity contribution in [2.24, 2.45) is 4.99 Å². The molecule has 0 radical (unpaired) electrons. The van der Waals surface area contributed by atoms with Crippen LogP contribution in [0.25, 0.3) is 0 Å². The highest BCUT2D eigenvalue weighted by atomic mass is 127. The lowest BCUT2D eigenvalue weighted by Gasteiger charge is -2.19. The SMILES string of the molecule is CN=C(NCc1ccccc1CN(C)C)NC1CC=CC1.I. The van der Waals surface area contributed by atoms with Gasteiger partial charge >= 0.3 is 0 Å². The van der Waals surface area contributed by atoms with Crippen LogP contribution in [-0.2, 0) is 13.1 Å². The predicted octanol–water partition coefficient (Wildman–Crippen LogP) is 2.75. The molecule has 0 spiro atoms. The Morgan fingerprint density at radius 3 is 2.41 bits per heavy atom. The van der Waals surface area contributed by atoms with Gasteiger partial charge in [0.1, 0.15) is 0 Å². The number of nitrogens with zero attached hydrogens (tertiary/aromatic N) is 2. The number of hydrogen-bond acceptors (Lipinski definition) is 2. The molecule has 22 heavy (non-hydrogen) atoms. The predicted molar refractivity (Wildman–Crippen MR) is 105 cm³/mol. The second-order valence-corrected chi connectivity index (χ2v) is 5.72. The zero-order valence-corrected chi connectivity index (χ0v) is 16.0. The van der Waals surface area contributed by atoms with Gasteiger partial charge in [-0.1, -0.05) is 36.4 Å². The van der Waals surface area contributed by atoms with Crippen LogP contribution in [0.15, 0.2) is 41.4 Å². The van der Waals surface area contributed by atoms with Crippen molar-refractivity contribution in [1.29, 1.82) is 0 Å². The Bertz CT molecular complexity index is 503. The minimum absolute atomic E-state index is 0. The van der Waals surface area contributed by atoms with Crippen LogP contribution in [0.2, 0.25) is 0 Å². The Kier molecular flexibility index (Phi) is 8.48. The molecule has 5 heteroatoms. The molecular weight excluding hydrogens is 387 g/mol. The van der Waals surface area contributed by atoms with Crippen molar-refractivity contribution in [1.82, 2.24) is 15.5 Å². The minimum Gasteiger partial charge on any atom is -0.353 e. The molecule has 1 aromatic rings. The van der Waals surface area contributed by atoms with Crippen molar-refractivity contribution < 1.29 is 0 Å². The van der Waals surface area contributed by atoms with Gasteiger partial charge in [-0.05, 0) is 38.1 Å². The fourth-order valence-corrected chi connectivity index (χ4v) is 2.53. The number of guanidine groups is 1. The number of halogens is 1. The highest BCUT2D eigenvalue weighted by molar-refractivity contribution is 14.0. The summed E-state index contributed by atoms with van der Waals surface area (Å²) in [6, 6.07) is 9.03. The van der Waals surface area contributed by atoms with Crippen molar-refractivity contribution >= 4 is 29.9 Å². The van der Waals surface area contributed by atoms with E-state index in [0.717, 1.165) is 31.9 Å². The van der Waals surface area contributed by atoms with Crippen LogP contribution in [0.5, 0.6) is 0 Å². The second kappa shape index (κ2) is 9.84. The molecule has 0 aliphatic heterocycles. The van der Waals surface area contributed by atoms with Crippen molar-refractivity contribution in [3.8, 4) is 0 Å². The summed E-state index contributed by atoms with van der Waals surface area (Å²) in [5, 5.41) is 6.88. The van der Waals surface area contributed by atoms with Crippen molar-refractivity contribution in [3.63, 3.8) is 0 Å². The normalized spacial score (nSPS) is 15.0. The van der Waals surface area contributed by atoms with Gasteiger partial charge in [-0.15, -0.1) is 24.0 Å². The molecule has 0 saturated carbocycles. The molecule has 4 nitrogen and oxygen atoms in total. The van der Waals surface area contributed by atoms with E-state index in [4.69, 9.17) is 0 Å². The fraction of sp³-hybridized carbons (Fsp3) is 0.471. The molecule has 2 rings (SSSR count). The molecule has 0 fully saturated rings. The van der Waals surface area contributed by atoms with Gasteiger partial charge in [0.2, 0.25) is 0 Å². The molecule has 0 aromatic heterocycles. The Balaban J connectivity index is 0.00000242. The van der Waals surface area contributed by atoms with Gasteiger partial charge in [-0.25, -0.2) is 0 Å². The van der Waals surface area contributed by atoms with Crippen LogP contribution in [-0.4, -0.2) is 38.0 Å². The van der Waals surface area contributed by atoms with Crippen LogP contribution in [0.1, 0.15) is 24.0 Å². The highest BCUT2D eigenvalue weighted by Crippen LogP contribution is 2.11. The molecule has 1 aliphatic carbocycles. The van der Waals surface area contributed by atoms with E-state index in [1.54, 1.807) is 0 Å². The van der Waals surface area contributed by atoms with E-state index in [1.807, 2.05) is 7.05 Å². The quantitative estimate of drug-likeness (QED) is 0.337. The maximum atomic E-state index is 4.31. The standard InChI is InChI=1S/C17H26N4.HI/c1-18-17(20-16-10-6-7-11-16)19-12-14-8-4-5-9-15(14)13-21(2)3;/h4-9,16H,10-13H2,1-3H3,(H2,18,19,20);1H. The minimum atomic E-state index is 0. The Morgan fingerprint density at radius 1 is 1.18 bits per heavy atom. The zero-order chi connectivity index (χ0) is 15.1. The zero-order valence-electron chi connectivity index (χ0n) is 13.7. The molecule has 0 heterocycles. The van der Waals surface area contributed by atoms with E-state index in [2.05, 4.69) is 71.0 Å².